The van der Waals surface area contributed by atoms with Gasteiger partial charge in [0, 0.05) is 12.5 Å². The average Bonchev–Trinajstić information content (AvgIpc) is 3.41. The first-order chi connectivity index (χ1) is 12.1. The number of benzene rings is 2. The van der Waals surface area contributed by atoms with Gasteiger partial charge in [-0.2, -0.15) is 0 Å². The predicted octanol–water partition coefficient (Wildman–Crippen LogP) is 3.14. The molecule has 5 heteroatoms. The maximum atomic E-state index is 13.1. The first-order valence-corrected chi connectivity index (χ1v) is 8.43. The van der Waals surface area contributed by atoms with Crippen molar-refractivity contribution in [1.29, 1.82) is 0 Å². The van der Waals surface area contributed by atoms with Crippen LogP contribution in [-0.4, -0.2) is 28.4 Å². The monoisotopic (exact) mass is 339 g/mol. The van der Waals surface area contributed by atoms with Crippen molar-refractivity contribution in [1.82, 2.24) is 4.90 Å². The molecule has 1 N–H and O–H groups in total. The minimum absolute atomic E-state index is 0.0553. The summed E-state index contributed by atoms with van der Waals surface area (Å²) in [5, 5.41) is 9.68. The number of nitrogens with zero attached hydrogens (tertiary/aromatic N) is 1. The lowest BCUT2D eigenvalue weighted by Crippen LogP contribution is -2.44. The van der Waals surface area contributed by atoms with Crippen molar-refractivity contribution in [2.24, 2.45) is 5.92 Å². The normalized spacial score (nSPS) is 24.5. The van der Waals surface area contributed by atoms with Gasteiger partial charge in [0.05, 0.1) is 0 Å². The molecule has 1 fully saturated rings. The van der Waals surface area contributed by atoms with Gasteiger partial charge >= 0.3 is 5.97 Å². The number of carbonyl (C=O) groups is 2. The molecule has 4 nitrogen and oxygen atoms in total. The smallest absolute Gasteiger partial charge is 0.331 e. The first kappa shape index (κ1) is 15.8. The van der Waals surface area contributed by atoms with Crippen LogP contribution in [0, 0.1) is 11.7 Å². The van der Waals surface area contributed by atoms with E-state index >= 15 is 0 Å². The van der Waals surface area contributed by atoms with Crippen molar-refractivity contribution in [2.45, 2.75) is 24.8 Å². The molecular formula is C20H18FNO3. The molecule has 1 saturated carbocycles. The standard InChI is InChI=1S/C20H18FNO3/c21-14-7-5-13(6-8-14)16-11-17(16)19(23)22-10-9-12-3-1-2-4-15(12)18(22)20(24)25/h1-8,16-18H,9-11H2,(H,24,25). The van der Waals surface area contributed by atoms with Crippen LogP contribution >= 0.6 is 0 Å². The quantitative estimate of drug-likeness (QED) is 0.935. The Hall–Kier alpha value is -2.69. The van der Waals surface area contributed by atoms with Gasteiger partial charge in [-0.05, 0) is 47.6 Å². The Morgan fingerprint density at radius 2 is 1.80 bits per heavy atom. The van der Waals surface area contributed by atoms with Gasteiger partial charge in [-0.15, -0.1) is 0 Å². The van der Waals surface area contributed by atoms with Gasteiger partial charge in [-0.3, -0.25) is 4.79 Å². The van der Waals surface area contributed by atoms with Gasteiger partial charge < -0.3 is 10.0 Å². The Labute approximate surface area is 144 Å². The fourth-order valence-corrected chi connectivity index (χ4v) is 3.83. The molecule has 2 aromatic carbocycles. The topological polar surface area (TPSA) is 57.6 Å². The van der Waals surface area contributed by atoms with Crippen molar-refractivity contribution in [3.8, 4) is 0 Å². The number of hydrogen-bond acceptors (Lipinski definition) is 2. The largest absolute Gasteiger partial charge is 0.479 e. The fourth-order valence-electron chi connectivity index (χ4n) is 3.83. The number of carboxylic acids is 1. The Bertz CT molecular complexity index is 833. The minimum atomic E-state index is -1.00. The summed E-state index contributed by atoms with van der Waals surface area (Å²) in [6, 6.07) is 12.7. The van der Waals surface area contributed by atoms with Crippen LogP contribution in [0.25, 0.3) is 0 Å². The molecule has 1 aliphatic heterocycles. The number of fused-ring (bicyclic) bond motifs is 1. The van der Waals surface area contributed by atoms with Crippen LogP contribution in [0.1, 0.15) is 35.1 Å². The van der Waals surface area contributed by atoms with E-state index in [2.05, 4.69) is 0 Å². The summed E-state index contributed by atoms with van der Waals surface area (Å²) in [7, 11) is 0. The van der Waals surface area contributed by atoms with Crippen LogP contribution in [0.3, 0.4) is 0 Å². The van der Waals surface area contributed by atoms with Crippen LogP contribution in [0.15, 0.2) is 48.5 Å². The van der Waals surface area contributed by atoms with Crippen LogP contribution in [0.2, 0.25) is 0 Å². The number of halogens is 1. The Balaban J connectivity index is 1.56. The van der Waals surface area contributed by atoms with E-state index in [1.807, 2.05) is 12.1 Å². The average molecular weight is 339 g/mol. The van der Waals surface area contributed by atoms with E-state index in [-0.39, 0.29) is 23.6 Å². The van der Waals surface area contributed by atoms with Gasteiger partial charge in [0.1, 0.15) is 5.82 Å². The third kappa shape index (κ3) is 2.80. The molecule has 3 unspecified atom stereocenters. The lowest BCUT2D eigenvalue weighted by molar-refractivity contribution is -0.151. The summed E-state index contributed by atoms with van der Waals surface area (Å²) in [5.41, 5.74) is 2.63. The van der Waals surface area contributed by atoms with Crippen LogP contribution < -0.4 is 0 Å². The van der Waals surface area contributed by atoms with E-state index in [1.54, 1.807) is 24.3 Å². The number of amides is 1. The highest BCUT2D eigenvalue weighted by Crippen LogP contribution is 2.49. The van der Waals surface area contributed by atoms with E-state index in [1.165, 1.54) is 17.0 Å². The predicted molar refractivity (Wildman–Crippen MR) is 89.5 cm³/mol. The summed E-state index contributed by atoms with van der Waals surface area (Å²) in [5.74, 6) is -1.57. The molecule has 3 atom stereocenters. The highest BCUT2D eigenvalue weighted by Gasteiger charge is 2.48. The zero-order valence-electron chi connectivity index (χ0n) is 13.6. The van der Waals surface area contributed by atoms with Gasteiger partial charge in [0.15, 0.2) is 6.04 Å². The van der Waals surface area contributed by atoms with E-state index in [0.29, 0.717) is 24.9 Å². The molecule has 0 aromatic heterocycles. The molecular weight excluding hydrogens is 321 g/mol. The Kier molecular flexibility index (Phi) is 3.79. The van der Waals surface area contributed by atoms with E-state index in [0.717, 1.165) is 11.1 Å². The third-order valence-corrected chi connectivity index (χ3v) is 5.21. The zero-order valence-corrected chi connectivity index (χ0v) is 13.6. The highest BCUT2D eigenvalue weighted by atomic mass is 19.1. The molecule has 128 valence electrons. The maximum absolute atomic E-state index is 13.1. The molecule has 0 radical (unpaired) electrons. The van der Waals surface area contributed by atoms with Crippen molar-refractivity contribution in [3.05, 3.63) is 71.0 Å². The minimum Gasteiger partial charge on any atom is -0.479 e. The number of hydrogen-bond donors (Lipinski definition) is 1. The SMILES string of the molecule is O=C(O)C1c2ccccc2CCN1C(=O)C1CC1c1ccc(F)cc1. The van der Waals surface area contributed by atoms with Crippen LogP contribution in [-0.2, 0) is 16.0 Å². The number of carbonyl (C=O) groups excluding carboxylic acids is 1. The molecule has 2 aromatic rings. The van der Waals surface area contributed by atoms with E-state index in [4.69, 9.17) is 0 Å². The van der Waals surface area contributed by atoms with Gasteiger partial charge in [-0.25, -0.2) is 9.18 Å². The van der Waals surface area contributed by atoms with Crippen LogP contribution in [0.5, 0.6) is 0 Å². The fraction of sp³-hybridized carbons (Fsp3) is 0.300. The summed E-state index contributed by atoms with van der Waals surface area (Å²) in [6.45, 7) is 0.416. The second kappa shape index (κ2) is 5.99. The highest BCUT2D eigenvalue weighted by molar-refractivity contribution is 5.89. The Morgan fingerprint density at radius 3 is 2.52 bits per heavy atom. The van der Waals surface area contributed by atoms with Gasteiger partial charge in [0.2, 0.25) is 5.91 Å². The molecule has 0 bridgehead atoms. The number of aliphatic carboxylic acids is 1. The van der Waals surface area contributed by atoms with E-state index in [9.17, 15) is 19.1 Å². The third-order valence-electron chi connectivity index (χ3n) is 5.21. The lowest BCUT2D eigenvalue weighted by Gasteiger charge is -2.35. The van der Waals surface area contributed by atoms with Crippen molar-refractivity contribution in [2.75, 3.05) is 6.54 Å². The molecule has 0 saturated heterocycles. The van der Waals surface area contributed by atoms with Gasteiger partial charge in [0.25, 0.3) is 0 Å². The lowest BCUT2D eigenvalue weighted by atomic mass is 9.92. The molecule has 1 amide bonds. The summed E-state index contributed by atoms with van der Waals surface area (Å²) in [4.78, 5) is 26.3. The number of rotatable bonds is 3. The molecule has 2 aliphatic rings. The second-order valence-corrected chi connectivity index (χ2v) is 6.72. The first-order valence-electron chi connectivity index (χ1n) is 8.43. The van der Waals surface area contributed by atoms with Crippen molar-refractivity contribution < 1.29 is 19.1 Å². The molecule has 1 heterocycles. The molecule has 4 rings (SSSR count). The number of carboxylic acid groups (broad SMARTS) is 1. The van der Waals surface area contributed by atoms with Crippen molar-refractivity contribution >= 4 is 11.9 Å². The molecule has 25 heavy (non-hydrogen) atoms. The Morgan fingerprint density at radius 1 is 1.08 bits per heavy atom. The second-order valence-electron chi connectivity index (χ2n) is 6.72. The summed E-state index contributed by atoms with van der Waals surface area (Å²) >= 11 is 0. The van der Waals surface area contributed by atoms with Crippen LogP contribution in [0.4, 0.5) is 4.39 Å². The maximum Gasteiger partial charge on any atom is 0.331 e. The summed E-state index contributed by atoms with van der Waals surface area (Å²) in [6.07, 6.45) is 1.36. The van der Waals surface area contributed by atoms with Crippen molar-refractivity contribution in [3.63, 3.8) is 0 Å². The summed E-state index contributed by atoms with van der Waals surface area (Å²) < 4.78 is 13.1. The van der Waals surface area contributed by atoms with Gasteiger partial charge in [-0.1, -0.05) is 36.4 Å². The molecule has 1 aliphatic carbocycles. The zero-order chi connectivity index (χ0) is 17.6. The molecule has 0 spiro atoms. The van der Waals surface area contributed by atoms with E-state index < -0.39 is 12.0 Å².